The van der Waals surface area contributed by atoms with Crippen LogP contribution in [0.15, 0.2) is 24.3 Å². The SMILES string of the molecule is C[C@H](C(=O)N1CCC[C@H]1B(O)O)[C@H](CO)C(=O)c1ccc(NC(=O)CN2CCN(CC(=O)O)CCN(CC(=O)O)CCN(CC(=O)O)CC2)cc1. The molecule has 3 atom stereocenters. The molecule has 2 amide bonds. The zero-order valence-electron chi connectivity index (χ0n) is 28.8. The number of benzene rings is 1. The van der Waals surface area contributed by atoms with E-state index in [0.29, 0.717) is 25.1 Å². The van der Waals surface area contributed by atoms with Crippen LogP contribution in [0.5, 0.6) is 0 Å². The van der Waals surface area contributed by atoms with Crippen LogP contribution in [0.4, 0.5) is 5.69 Å². The van der Waals surface area contributed by atoms with Gasteiger partial charge in [0.2, 0.25) is 11.8 Å². The molecule has 282 valence electrons. The van der Waals surface area contributed by atoms with E-state index in [4.69, 9.17) is 0 Å². The highest BCUT2D eigenvalue weighted by molar-refractivity contribution is 6.43. The first kappa shape index (κ1) is 41.4. The highest BCUT2D eigenvalue weighted by atomic mass is 16.4. The molecule has 0 spiro atoms. The van der Waals surface area contributed by atoms with Gasteiger partial charge in [-0.05, 0) is 37.1 Å². The number of aliphatic hydroxyl groups excluding tert-OH is 1. The number of rotatable bonds is 15. The maximum Gasteiger partial charge on any atom is 0.475 e. The number of hydrogen-bond donors (Lipinski definition) is 7. The van der Waals surface area contributed by atoms with E-state index in [1.807, 2.05) is 0 Å². The van der Waals surface area contributed by atoms with Crippen molar-refractivity contribution >= 4 is 48.3 Å². The van der Waals surface area contributed by atoms with Crippen LogP contribution in [-0.4, -0.2) is 195 Å². The first-order valence-corrected chi connectivity index (χ1v) is 16.9. The number of Topliss-reactive ketones (excluding diaryl/α,β-unsaturated/α-hetero) is 1. The van der Waals surface area contributed by atoms with Crippen molar-refractivity contribution in [2.24, 2.45) is 11.8 Å². The van der Waals surface area contributed by atoms with Crippen LogP contribution in [0, 0.1) is 11.8 Å². The van der Waals surface area contributed by atoms with Gasteiger partial charge in [0.15, 0.2) is 5.78 Å². The molecule has 0 saturated carbocycles. The van der Waals surface area contributed by atoms with Gasteiger partial charge in [-0.15, -0.1) is 0 Å². The lowest BCUT2D eigenvalue weighted by molar-refractivity contribution is -0.140. The van der Waals surface area contributed by atoms with Gasteiger partial charge in [-0.3, -0.25) is 48.4 Å². The highest BCUT2D eigenvalue weighted by Crippen LogP contribution is 2.26. The molecule has 51 heavy (non-hydrogen) atoms. The molecular weight excluding hydrogens is 671 g/mol. The first-order valence-electron chi connectivity index (χ1n) is 16.9. The fourth-order valence-electron chi connectivity index (χ4n) is 6.40. The molecule has 2 saturated heterocycles. The maximum absolute atomic E-state index is 13.3. The van der Waals surface area contributed by atoms with Crippen LogP contribution in [-0.2, 0) is 24.0 Å². The highest BCUT2D eigenvalue weighted by Gasteiger charge is 2.41. The quantitative estimate of drug-likeness (QED) is 0.0732. The number of amides is 2. The average molecular weight is 721 g/mol. The van der Waals surface area contributed by atoms with Gasteiger partial charge in [-0.25, -0.2) is 0 Å². The molecular formula is C32H49BN6O12. The number of hydrogen-bond acceptors (Lipinski definition) is 13. The third-order valence-corrected chi connectivity index (χ3v) is 9.28. The Hall–Kier alpha value is -3.98. The molecule has 2 heterocycles. The fourth-order valence-corrected chi connectivity index (χ4v) is 6.40. The summed E-state index contributed by atoms with van der Waals surface area (Å²) >= 11 is 0. The van der Waals surface area contributed by atoms with Crippen LogP contribution >= 0.6 is 0 Å². The molecule has 2 aliphatic heterocycles. The van der Waals surface area contributed by atoms with Gasteiger partial charge < -0.3 is 40.7 Å². The van der Waals surface area contributed by atoms with E-state index in [2.05, 4.69) is 5.32 Å². The van der Waals surface area contributed by atoms with Crippen molar-refractivity contribution in [1.82, 2.24) is 24.5 Å². The van der Waals surface area contributed by atoms with Gasteiger partial charge in [-0.1, -0.05) is 6.92 Å². The van der Waals surface area contributed by atoms with Gasteiger partial charge in [0.25, 0.3) is 0 Å². The monoisotopic (exact) mass is 720 g/mol. The largest absolute Gasteiger partial charge is 0.480 e. The van der Waals surface area contributed by atoms with E-state index in [9.17, 15) is 59.2 Å². The van der Waals surface area contributed by atoms with E-state index in [1.54, 1.807) is 19.6 Å². The summed E-state index contributed by atoms with van der Waals surface area (Å²) in [7, 11) is -1.71. The number of aliphatic hydroxyl groups is 1. The molecule has 1 aromatic carbocycles. The van der Waals surface area contributed by atoms with Gasteiger partial charge in [0.1, 0.15) is 0 Å². The predicted molar refractivity (Wildman–Crippen MR) is 183 cm³/mol. The summed E-state index contributed by atoms with van der Waals surface area (Å²) in [4.78, 5) is 82.1. The second-order valence-electron chi connectivity index (χ2n) is 13.0. The van der Waals surface area contributed by atoms with Crippen molar-refractivity contribution in [3.63, 3.8) is 0 Å². The molecule has 1 aromatic rings. The molecule has 18 nitrogen and oxygen atoms in total. The summed E-state index contributed by atoms with van der Waals surface area (Å²) in [6.07, 6.45) is 1.00. The lowest BCUT2D eigenvalue weighted by Crippen LogP contribution is -2.49. The third kappa shape index (κ3) is 13.3. The van der Waals surface area contributed by atoms with Crippen molar-refractivity contribution in [3.05, 3.63) is 29.8 Å². The van der Waals surface area contributed by atoms with Crippen molar-refractivity contribution in [1.29, 1.82) is 0 Å². The first-order chi connectivity index (χ1) is 24.2. The zero-order chi connectivity index (χ0) is 37.7. The van der Waals surface area contributed by atoms with Crippen molar-refractivity contribution in [3.8, 4) is 0 Å². The molecule has 0 radical (unpaired) electrons. The summed E-state index contributed by atoms with van der Waals surface area (Å²) in [6.45, 7) is 2.31. The molecule has 2 aliphatic rings. The van der Waals surface area contributed by atoms with Crippen molar-refractivity contribution in [2.45, 2.75) is 25.7 Å². The lowest BCUT2D eigenvalue weighted by Gasteiger charge is -2.32. The Morgan fingerprint density at radius 1 is 0.725 bits per heavy atom. The Balaban J connectivity index is 1.66. The molecule has 0 unspecified atom stereocenters. The number of carbonyl (C=O) groups is 6. The smallest absolute Gasteiger partial charge is 0.475 e. The predicted octanol–water partition coefficient (Wildman–Crippen LogP) is -2.47. The topological polar surface area (TPSA) is 252 Å². The summed E-state index contributed by atoms with van der Waals surface area (Å²) < 4.78 is 0. The minimum atomic E-state index is -1.71. The number of ketones is 1. The number of likely N-dealkylation sites (tertiary alicyclic amines) is 1. The van der Waals surface area contributed by atoms with Crippen LogP contribution in [0.1, 0.15) is 30.1 Å². The number of nitrogens with zero attached hydrogens (tertiary/aromatic N) is 5. The van der Waals surface area contributed by atoms with Gasteiger partial charge in [-0.2, -0.15) is 0 Å². The van der Waals surface area contributed by atoms with Gasteiger partial charge in [0.05, 0.1) is 44.6 Å². The standard InChI is InChI=1S/C32H49BN6O12/c1-22(32(49)39-8-2-3-26(39)33(50)51)25(21-40)31(48)23-4-6-24(7-5-23)34-27(41)17-35-9-11-36(18-28(42)43)13-15-38(20-30(46)47)16-14-37(12-10-35)19-29(44)45/h4-7,22,25-26,40,50-51H,2-3,8-21H2,1H3,(H,34,41)(H,42,43)(H,44,45)(H,46,47)/t22-,25-,26-/m0/s1. The van der Waals surface area contributed by atoms with E-state index in [-0.39, 0.29) is 84.1 Å². The Bertz CT molecular complexity index is 1340. The Morgan fingerprint density at radius 2 is 1.16 bits per heavy atom. The van der Waals surface area contributed by atoms with Crippen LogP contribution in [0.2, 0.25) is 0 Å². The maximum atomic E-state index is 13.3. The van der Waals surface area contributed by atoms with Crippen LogP contribution in [0.3, 0.4) is 0 Å². The summed E-state index contributed by atoms with van der Waals surface area (Å²) in [5, 5.41) is 60.3. The van der Waals surface area contributed by atoms with Crippen LogP contribution < -0.4 is 5.32 Å². The molecule has 7 N–H and O–H groups in total. The van der Waals surface area contributed by atoms with E-state index < -0.39 is 67.0 Å². The van der Waals surface area contributed by atoms with E-state index >= 15 is 0 Å². The Kier molecular flexibility index (Phi) is 16.4. The number of nitrogens with one attached hydrogen (secondary N) is 1. The molecule has 0 aromatic heterocycles. The van der Waals surface area contributed by atoms with Gasteiger partial charge in [0, 0.05) is 76.1 Å². The fraction of sp³-hybridized carbons (Fsp3) is 0.625. The molecule has 3 rings (SSSR count). The zero-order valence-corrected chi connectivity index (χ0v) is 28.8. The Labute approximate surface area is 296 Å². The number of carboxylic acids is 3. The third-order valence-electron chi connectivity index (χ3n) is 9.28. The minimum absolute atomic E-state index is 0.111. The lowest BCUT2D eigenvalue weighted by atomic mass is 9.77. The number of carboxylic acid groups (broad SMARTS) is 3. The summed E-state index contributed by atoms with van der Waals surface area (Å²) in [6, 6.07) is 5.94. The normalized spacial score (nSPS) is 20.1. The molecule has 0 aliphatic carbocycles. The summed E-state index contributed by atoms with van der Waals surface area (Å²) in [5.74, 6) is -7.31. The Morgan fingerprint density at radius 3 is 1.55 bits per heavy atom. The number of anilines is 1. The van der Waals surface area contributed by atoms with Crippen molar-refractivity contribution < 1.29 is 59.2 Å². The van der Waals surface area contributed by atoms with E-state index in [0.717, 1.165) is 0 Å². The number of aliphatic carboxylic acids is 3. The molecule has 0 bridgehead atoms. The van der Waals surface area contributed by atoms with Crippen LogP contribution in [0.25, 0.3) is 0 Å². The summed E-state index contributed by atoms with van der Waals surface area (Å²) in [5.41, 5.74) is 0.569. The second kappa shape index (κ2) is 20.2. The minimum Gasteiger partial charge on any atom is -0.480 e. The average Bonchev–Trinajstić information content (AvgIpc) is 3.56. The van der Waals surface area contributed by atoms with E-state index in [1.165, 1.54) is 36.1 Å². The van der Waals surface area contributed by atoms with Crippen molar-refractivity contribution in [2.75, 3.05) is 97.0 Å². The number of carbonyl (C=O) groups excluding carboxylic acids is 3. The van der Waals surface area contributed by atoms with Gasteiger partial charge >= 0.3 is 25.0 Å². The molecule has 19 heteroatoms. The second-order valence-corrected chi connectivity index (χ2v) is 13.0. The molecule has 2 fully saturated rings.